The highest BCUT2D eigenvalue weighted by Crippen LogP contribution is 2.28. The number of hydrogen-bond acceptors (Lipinski definition) is 5. The van der Waals surface area contributed by atoms with Crippen molar-refractivity contribution in [2.75, 3.05) is 18.4 Å². The van der Waals surface area contributed by atoms with Gasteiger partial charge in [0.15, 0.2) is 0 Å². The van der Waals surface area contributed by atoms with Crippen LogP contribution in [0.15, 0.2) is 65.6 Å². The molecule has 1 saturated heterocycles. The first kappa shape index (κ1) is 27.2. The van der Waals surface area contributed by atoms with Crippen molar-refractivity contribution in [3.63, 3.8) is 0 Å². The number of piperidine rings is 1. The van der Waals surface area contributed by atoms with Crippen molar-refractivity contribution in [1.29, 1.82) is 0 Å². The van der Waals surface area contributed by atoms with Crippen molar-refractivity contribution >= 4 is 46.9 Å². The van der Waals surface area contributed by atoms with Crippen LogP contribution in [-0.2, 0) is 11.3 Å². The molecular weight excluding hydrogens is 533 g/mol. The maximum atomic E-state index is 12.8. The van der Waals surface area contributed by atoms with Gasteiger partial charge in [-0.25, -0.2) is 14.4 Å². The number of benzene rings is 2. The fraction of sp³-hybridized carbons (Fsp3) is 0.269. The predicted octanol–water partition coefficient (Wildman–Crippen LogP) is 3.84. The average Bonchev–Trinajstić information content (AvgIpc) is 2.90. The number of aromatic nitrogens is 2. The van der Waals surface area contributed by atoms with E-state index in [4.69, 9.17) is 23.2 Å². The third kappa shape index (κ3) is 6.51. The molecule has 10 nitrogen and oxygen atoms in total. The van der Waals surface area contributed by atoms with Gasteiger partial charge in [0.2, 0.25) is 0 Å². The van der Waals surface area contributed by atoms with Crippen molar-refractivity contribution in [1.82, 2.24) is 19.8 Å². The zero-order valence-corrected chi connectivity index (χ0v) is 21.7. The van der Waals surface area contributed by atoms with E-state index in [2.05, 4.69) is 27.8 Å². The Morgan fingerprint density at radius 1 is 1.00 bits per heavy atom. The highest BCUT2D eigenvalue weighted by molar-refractivity contribution is 6.40. The van der Waals surface area contributed by atoms with Gasteiger partial charge in [-0.3, -0.25) is 9.36 Å². The molecule has 3 aromatic rings. The maximum Gasteiger partial charge on any atom is 0.349 e. The van der Waals surface area contributed by atoms with Crippen LogP contribution < -0.4 is 16.3 Å². The van der Waals surface area contributed by atoms with Gasteiger partial charge < -0.3 is 20.6 Å². The van der Waals surface area contributed by atoms with Gasteiger partial charge in [0.25, 0.3) is 5.91 Å². The topological polar surface area (TPSA) is 134 Å². The van der Waals surface area contributed by atoms with E-state index >= 15 is 0 Å². The lowest BCUT2D eigenvalue weighted by atomic mass is 9.90. The van der Waals surface area contributed by atoms with Crippen LogP contribution in [0.1, 0.15) is 34.7 Å². The summed E-state index contributed by atoms with van der Waals surface area (Å²) in [5.41, 5.74) is 0.443. The smallest absolute Gasteiger partial charge is 0.349 e. The number of halogens is 2. The van der Waals surface area contributed by atoms with E-state index in [-0.39, 0.29) is 28.0 Å². The Kier molecular flexibility index (Phi) is 8.65. The minimum Gasteiger partial charge on any atom is -0.480 e. The first-order valence-electron chi connectivity index (χ1n) is 11.9. The number of hydrogen-bond donors (Lipinski definition) is 3. The van der Waals surface area contributed by atoms with Gasteiger partial charge in [0, 0.05) is 19.3 Å². The van der Waals surface area contributed by atoms with Crippen LogP contribution >= 0.6 is 23.2 Å². The van der Waals surface area contributed by atoms with E-state index in [0.717, 1.165) is 17.4 Å². The fourth-order valence-corrected chi connectivity index (χ4v) is 4.86. The molecule has 0 unspecified atom stereocenters. The number of nitrogens with one attached hydrogen (secondary N) is 2. The standard InChI is InChI=1S/C26H25Cl2N5O5/c27-18-7-4-8-19(28)22(18)23(34)30-21-11-14-33(26(38)31-21)15-20(24(35)36)29-25(37)32-12-9-17(10-13-32)16-5-2-1-3-6-16/h1-8,11,14,17,20H,9-10,12-13,15H2,(H,29,37)(H,35,36)(H,30,31,34,38)/t20-/m0/s1. The largest absolute Gasteiger partial charge is 0.480 e. The maximum absolute atomic E-state index is 12.8. The van der Waals surface area contributed by atoms with Gasteiger partial charge in [0.05, 0.1) is 22.2 Å². The van der Waals surface area contributed by atoms with E-state index in [1.807, 2.05) is 18.2 Å². The third-order valence-electron chi connectivity index (χ3n) is 6.33. The highest BCUT2D eigenvalue weighted by Gasteiger charge is 2.28. The van der Waals surface area contributed by atoms with E-state index in [0.29, 0.717) is 19.0 Å². The molecule has 1 aromatic heterocycles. The number of rotatable bonds is 7. The molecule has 4 rings (SSSR count). The quantitative estimate of drug-likeness (QED) is 0.404. The molecule has 1 atom stereocenters. The van der Waals surface area contributed by atoms with Crippen LogP contribution in [0.4, 0.5) is 10.6 Å². The molecule has 3 N–H and O–H groups in total. The molecular formula is C26H25Cl2N5O5. The Morgan fingerprint density at radius 3 is 2.26 bits per heavy atom. The van der Waals surface area contributed by atoms with Gasteiger partial charge in [0.1, 0.15) is 11.9 Å². The van der Waals surface area contributed by atoms with Gasteiger partial charge in [-0.15, -0.1) is 0 Å². The lowest BCUT2D eigenvalue weighted by Crippen LogP contribution is -2.52. The molecule has 12 heteroatoms. The summed E-state index contributed by atoms with van der Waals surface area (Å²) in [6, 6.07) is 14.1. The summed E-state index contributed by atoms with van der Waals surface area (Å²) < 4.78 is 1.04. The third-order valence-corrected chi connectivity index (χ3v) is 6.96. The first-order chi connectivity index (χ1) is 18.2. The molecule has 198 valence electrons. The SMILES string of the molecule is O=C(Nc1ccn(C[C@H](NC(=O)N2CCC(c3ccccc3)CC2)C(=O)O)c(=O)n1)c1c(Cl)cccc1Cl. The number of carbonyl (C=O) groups is 3. The molecule has 1 aliphatic rings. The van der Waals surface area contributed by atoms with E-state index in [1.165, 1.54) is 30.0 Å². The number of carboxylic acids is 1. The average molecular weight is 558 g/mol. The van der Waals surface area contributed by atoms with Crippen LogP contribution in [0.5, 0.6) is 0 Å². The molecule has 1 fully saturated rings. The highest BCUT2D eigenvalue weighted by atomic mass is 35.5. The van der Waals surface area contributed by atoms with Crippen LogP contribution in [-0.4, -0.2) is 56.6 Å². The summed E-state index contributed by atoms with van der Waals surface area (Å²) in [5, 5.41) is 14.9. The first-order valence-corrected chi connectivity index (χ1v) is 12.6. The second kappa shape index (κ2) is 12.1. The Balaban J connectivity index is 1.36. The van der Waals surface area contributed by atoms with Gasteiger partial charge in [-0.05, 0) is 42.5 Å². The molecule has 0 bridgehead atoms. The molecule has 0 radical (unpaired) electrons. The molecule has 0 saturated carbocycles. The van der Waals surface area contributed by atoms with E-state index < -0.39 is 29.6 Å². The Labute approximate surface area is 228 Å². The minimum absolute atomic E-state index is 0.0308. The predicted molar refractivity (Wildman–Crippen MR) is 143 cm³/mol. The number of likely N-dealkylation sites (tertiary alicyclic amines) is 1. The van der Waals surface area contributed by atoms with Crippen molar-refractivity contribution in [3.05, 3.63) is 92.5 Å². The molecule has 38 heavy (non-hydrogen) atoms. The summed E-state index contributed by atoms with van der Waals surface area (Å²) in [4.78, 5) is 55.1. The minimum atomic E-state index is -1.36. The van der Waals surface area contributed by atoms with Crippen LogP contribution in [0.2, 0.25) is 10.0 Å². The van der Waals surface area contributed by atoms with Crippen LogP contribution in [0.25, 0.3) is 0 Å². The second-order valence-corrected chi connectivity index (χ2v) is 9.63. The Morgan fingerprint density at radius 2 is 1.66 bits per heavy atom. The molecule has 0 aliphatic carbocycles. The van der Waals surface area contributed by atoms with Crippen molar-refractivity contribution in [2.24, 2.45) is 0 Å². The number of amides is 3. The number of carboxylic acid groups (broad SMARTS) is 1. The Bertz CT molecular complexity index is 1370. The number of urea groups is 1. The molecule has 2 heterocycles. The normalized spacial score (nSPS) is 14.5. The van der Waals surface area contributed by atoms with Crippen LogP contribution in [0.3, 0.4) is 0 Å². The lowest BCUT2D eigenvalue weighted by Gasteiger charge is -2.33. The zero-order chi connectivity index (χ0) is 27.2. The summed E-state index contributed by atoms with van der Waals surface area (Å²) in [6.45, 7) is 0.629. The van der Waals surface area contributed by atoms with Gasteiger partial charge >= 0.3 is 17.7 Å². The number of carbonyl (C=O) groups excluding carboxylic acids is 2. The van der Waals surface area contributed by atoms with Crippen molar-refractivity contribution < 1.29 is 19.5 Å². The number of anilines is 1. The lowest BCUT2D eigenvalue weighted by molar-refractivity contribution is -0.139. The number of nitrogens with zero attached hydrogens (tertiary/aromatic N) is 3. The fourth-order valence-electron chi connectivity index (χ4n) is 4.29. The number of aliphatic carboxylic acids is 1. The summed E-state index contributed by atoms with van der Waals surface area (Å²) in [5.74, 6) is -1.68. The second-order valence-electron chi connectivity index (χ2n) is 8.81. The van der Waals surface area contributed by atoms with Gasteiger partial charge in [-0.1, -0.05) is 59.6 Å². The van der Waals surface area contributed by atoms with E-state index in [9.17, 15) is 24.3 Å². The monoisotopic (exact) mass is 557 g/mol. The zero-order valence-electron chi connectivity index (χ0n) is 20.1. The van der Waals surface area contributed by atoms with E-state index in [1.54, 1.807) is 11.0 Å². The van der Waals surface area contributed by atoms with Crippen LogP contribution in [0, 0.1) is 0 Å². The summed E-state index contributed by atoms with van der Waals surface area (Å²) in [7, 11) is 0. The molecule has 1 aliphatic heterocycles. The van der Waals surface area contributed by atoms with Crippen molar-refractivity contribution in [2.45, 2.75) is 31.3 Å². The summed E-state index contributed by atoms with van der Waals surface area (Å²) >= 11 is 12.1. The summed E-state index contributed by atoms with van der Waals surface area (Å²) in [6.07, 6.45) is 2.82. The Hall–Kier alpha value is -3.89. The van der Waals surface area contributed by atoms with Gasteiger partial charge in [-0.2, -0.15) is 4.98 Å². The molecule has 0 spiro atoms. The molecule has 2 aromatic carbocycles. The molecule has 3 amide bonds. The van der Waals surface area contributed by atoms with Crippen molar-refractivity contribution in [3.8, 4) is 0 Å².